The summed E-state index contributed by atoms with van der Waals surface area (Å²) in [7, 11) is 1.14. The Kier molecular flexibility index (Phi) is 8.43. The minimum absolute atomic E-state index is 0.0327. The van der Waals surface area contributed by atoms with Crippen LogP contribution < -0.4 is 14.8 Å². The second-order valence-electron chi connectivity index (χ2n) is 9.39. The van der Waals surface area contributed by atoms with Crippen molar-refractivity contribution in [2.45, 2.75) is 37.0 Å². The molecule has 4 rings (SSSR count). The van der Waals surface area contributed by atoms with Crippen molar-refractivity contribution in [2.24, 2.45) is 0 Å². The predicted octanol–water partition coefficient (Wildman–Crippen LogP) is 1.52. The van der Waals surface area contributed by atoms with Gasteiger partial charge in [0.05, 0.1) is 19.3 Å². The Morgan fingerprint density at radius 3 is 2.68 bits per heavy atom. The molecule has 2 atom stereocenters. The van der Waals surface area contributed by atoms with Crippen LogP contribution in [0.5, 0.6) is 17.2 Å². The number of halogens is 1. The van der Waals surface area contributed by atoms with Crippen LogP contribution in [0.3, 0.4) is 0 Å². The number of carbonyl (C=O) groups excluding carboxylic acids is 2. The smallest absolute Gasteiger partial charge is 0.330 e. The number of rotatable bonds is 9. The number of aliphatic hydroxyl groups excluding tert-OH is 2. The first-order valence-electron chi connectivity index (χ1n) is 12.0. The van der Waals surface area contributed by atoms with E-state index in [-0.39, 0.29) is 29.3 Å². The highest BCUT2D eigenvalue weighted by Crippen LogP contribution is 2.42. The second kappa shape index (κ2) is 11.6. The van der Waals surface area contributed by atoms with E-state index < -0.39 is 30.6 Å². The molecule has 2 aliphatic rings. The van der Waals surface area contributed by atoms with E-state index in [0.29, 0.717) is 11.6 Å². The highest BCUT2D eigenvalue weighted by molar-refractivity contribution is 6.30. The summed E-state index contributed by atoms with van der Waals surface area (Å²) in [5, 5.41) is 32.9. The Hall–Kier alpha value is -3.05. The zero-order valence-corrected chi connectivity index (χ0v) is 21.2. The normalized spacial score (nSPS) is 17.9. The molecular weight excluding hydrogens is 504 g/mol. The van der Waals surface area contributed by atoms with Crippen molar-refractivity contribution >= 4 is 23.5 Å². The van der Waals surface area contributed by atoms with Crippen LogP contribution >= 0.6 is 11.6 Å². The lowest BCUT2D eigenvalue weighted by molar-refractivity contribution is -0.143. The van der Waals surface area contributed by atoms with E-state index in [9.17, 15) is 24.9 Å². The fourth-order valence-corrected chi connectivity index (χ4v) is 4.93. The summed E-state index contributed by atoms with van der Waals surface area (Å²) in [5.41, 5.74) is 0.911. The maximum Gasteiger partial charge on any atom is 0.330 e. The van der Waals surface area contributed by atoms with Gasteiger partial charge in [0.2, 0.25) is 0 Å². The number of hydrogen-bond donors (Lipinski definition) is 4. The van der Waals surface area contributed by atoms with Crippen molar-refractivity contribution in [2.75, 3.05) is 40.0 Å². The first-order valence-corrected chi connectivity index (χ1v) is 12.4. The maximum absolute atomic E-state index is 12.7. The highest BCUT2D eigenvalue weighted by Gasteiger charge is 2.42. The van der Waals surface area contributed by atoms with E-state index in [4.69, 9.17) is 21.1 Å². The number of carbonyl (C=O) groups is 2. The summed E-state index contributed by atoms with van der Waals surface area (Å²) >= 11 is 6.12. The van der Waals surface area contributed by atoms with Gasteiger partial charge < -0.3 is 39.7 Å². The quantitative estimate of drug-likeness (QED) is 0.353. The number of nitrogens with one attached hydrogen (secondary N) is 1. The lowest BCUT2D eigenvalue weighted by Crippen LogP contribution is -2.49. The van der Waals surface area contributed by atoms with Crippen molar-refractivity contribution in [3.63, 3.8) is 0 Å². The monoisotopic (exact) mass is 534 g/mol. The predicted molar refractivity (Wildman–Crippen MR) is 134 cm³/mol. The van der Waals surface area contributed by atoms with Crippen LogP contribution in [0.25, 0.3) is 0 Å². The third-order valence-corrected chi connectivity index (χ3v) is 6.95. The summed E-state index contributed by atoms with van der Waals surface area (Å²) in [4.78, 5) is 26.5. The lowest BCUT2D eigenvalue weighted by atomic mass is 9.87. The number of hydrogen-bond acceptors (Lipinski definition) is 9. The lowest BCUT2D eigenvalue weighted by Gasteiger charge is -2.39. The number of likely N-dealkylation sites (tertiary alicyclic amines) is 1. The van der Waals surface area contributed by atoms with E-state index in [2.05, 4.69) is 15.0 Å². The highest BCUT2D eigenvalue weighted by atomic mass is 35.5. The average Bonchev–Trinajstić information content (AvgIpc) is 3.23. The minimum atomic E-state index is -1.25. The fraction of sp³-hybridized carbons (Fsp3) is 0.462. The molecule has 0 bridgehead atoms. The summed E-state index contributed by atoms with van der Waals surface area (Å²) < 4.78 is 16.5. The van der Waals surface area contributed by atoms with Crippen molar-refractivity contribution < 1.29 is 39.1 Å². The summed E-state index contributed by atoms with van der Waals surface area (Å²) in [6.45, 7) is 1.09. The van der Waals surface area contributed by atoms with E-state index in [1.807, 2.05) is 18.2 Å². The molecule has 2 heterocycles. The van der Waals surface area contributed by atoms with Crippen LogP contribution in [0, 0.1) is 0 Å². The van der Waals surface area contributed by atoms with Crippen LogP contribution in [0.15, 0.2) is 36.4 Å². The number of phenolic OH excluding ortho intramolecular Hbond substituents is 1. The van der Waals surface area contributed by atoms with Gasteiger partial charge >= 0.3 is 5.97 Å². The second-order valence-corrected chi connectivity index (χ2v) is 9.83. The van der Waals surface area contributed by atoms with Gasteiger partial charge in [0, 0.05) is 50.0 Å². The molecule has 4 N–H and O–H groups in total. The van der Waals surface area contributed by atoms with Gasteiger partial charge in [-0.1, -0.05) is 11.6 Å². The number of piperidine rings is 1. The van der Waals surface area contributed by atoms with Crippen LogP contribution in [-0.4, -0.2) is 89.8 Å². The van der Waals surface area contributed by atoms with Crippen LogP contribution in [0.2, 0.25) is 5.02 Å². The number of β-amino-alcohol motifs (C(OH)–C–C–N with tert-alkyl or cyclic N) is 1. The molecule has 2 aliphatic heterocycles. The molecule has 2 aromatic rings. The molecule has 1 amide bonds. The van der Waals surface area contributed by atoms with Crippen LogP contribution in [0.4, 0.5) is 0 Å². The summed E-state index contributed by atoms with van der Waals surface area (Å²) in [6.07, 6.45) is 1.59. The Morgan fingerprint density at radius 1 is 1.22 bits per heavy atom. The van der Waals surface area contributed by atoms with Gasteiger partial charge in [0.25, 0.3) is 5.91 Å². The van der Waals surface area contributed by atoms with E-state index >= 15 is 0 Å². The average molecular weight is 535 g/mol. The summed E-state index contributed by atoms with van der Waals surface area (Å²) in [5.74, 6) is -0.714. The van der Waals surface area contributed by atoms with E-state index in [1.165, 1.54) is 18.2 Å². The van der Waals surface area contributed by atoms with Crippen molar-refractivity contribution in [1.82, 2.24) is 10.2 Å². The number of phenols is 1. The molecular formula is C26H31ClN2O8. The first kappa shape index (κ1) is 27.0. The van der Waals surface area contributed by atoms with Crippen LogP contribution in [0.1, 0.15) is 28.8 Å². The number of nitrogens with zero attached hydrogens (tertiary/aromatic N) is 1. The van der Waals surface area contributed by atoms with Gasteiger partial charge in [0.15, 0.2) is 6.04 Å². The minimum Gasteiger partial charge on any atom is -0.508 e. The Bertz CT molecular complexity index is 1140. The van der Waals surface area contributed by atoms with Gasteiger partial charge in [-0.25, -0.2) is 4.79 Å². The number of aromatic hydroxyl groups is 1. The molecule has 1 spiro atoms. The largest absolute Gasteiger partial charge is 0.508 e. The van der Waals surface area contributed by atoms with Crippen LogP contribution in [-0.2, 0) is 16.0 Å². The molecule has 10 nitrogen and oxygen atoms in total. The van der Waals surface area contributed by atoms with Gasteiger partial charge in [-0.2, -0.15) is 0 Å². The standard InChI is InChI=1S/C26H31ClN2O8/c1-35-25(34)21(14-30)28-24(33)20-4-3-18(31)11-23(20)36-15-19(32)13-29-8-6-26(7-9-29)12-16-10-17(27)2-5-22(16)37-26/h2-5,10-11,19,21,30-32H,6-9,12-15H2,1H3,(H,28,33)/t19-,21-/m0/s1. The van der Waals surface area contributed by atoms with Gasteiger partial charge in [-0.3, -0.25) is 4.79 Å². The molecule has 0 radical (unpaired) electrons. The molecule has 2 aromatic carbocycles. The Morgan fingerprint density at radius 2 is 1.97 bits per heavy atom. The molecule has 1 saturated heterocycles. The summed E-state index contributed by atoms with van der Waals surface area (Å²) in [6, 6.07) is 8.32. The molecule has 0 saturated carbocycles. The maximum atomic E-state index is 12.7. The van der Waals surface area contributed by atoms with Crippen molar-refractivity contribution in [3.05, 3.63) is 52.5 Å². The number of amides is 1. The third kappa shape index (κ3) is 6.45. The number of fused-ring (bicyclic) bond motifs is 1. The fourth-order valence-electron chi connectivity index (χ4n) is 4.74. The molecule has 0 unspecified atom stereocenters. The zero-order valence-electron chi connectivity index (χ0n) is 20.5. The van der Waals surface area contributed by atoms with E-state index in [0.717, 1.165) is 50.8 Å². The third-order valence-electron chi connectivity index (χ3n) is 6.71. The van der Waals surface area contributed by atoms with Gasteiger partial charge in [-0.15, -0.1) is 0 Å². The Labute approximate surface area is 219 Å². The van der Waals surface area contributed by atoms with Gasteiger partial charge in [0.1, 0.15) is 35.6 Å². The number of ether oxygens (including phenoxy) is 3. The zero-order chi connectivity index (χ0) is 26.6. The SMILES string of the molecule is COC(=O)[C@H](CO)NC(=O)c1ccc(O)cc1OC[C@@H](O)CN1CCC2(CC1)Cc1cc(Cl)ccc1O2. The molecule has 11 heteroatoms. The molecule has 0 aromatic heterocycles. The van der Waals surface area contributed by atoms with Crippen molar-refractivity contribution in [1.29, 1.82) is 0 Å². The van der Waals surface area contributed by atoms with E-state index in [1.54, 1.807) is 0 Å². The topological polar surface area (TPSA) is 138 Å². The molecule has 1 fully saturated rings. The number of benzene rings is 2. The number of aliphatic hydroxyl groups is 2. The first-order chi connectivity index (χ1) is 17.7. The van der Waals surface area contributed by atoms with Gasteiger partial charge in [-0.05, 0) is 35.9 Å². The number of methoxy groups -OCH3 is 1. The van der Waals surface area contributed by atoms with Crippen molar-refractivity contribution in [3.8, 4) is 17.2 Å². The number of esters is 1. The molecule has 0 aliphatic carbocycles. The Balaban J connectivity index is 1.29. The molecule has 200 valence electrons. The molecule has 37 heavy (non-hydrogen) atoms.